The maximum Gasteiger partial charge on any atom is 0.341 e. The Kier molecular flexibility index (Phi) is 7.27. The SMILES string of the molecule is CCOC(=O)/C(C=N)=C(\C)NCCC(C)(C)OC. The number of ether oxygens (including phenoxy) is 2. The largest absolute Gasteiger partial charge is 0.462 e. The van der Waals surface area contributed by atoms with Gasteiger partial charge in [0, 0.05) is 25.6 Å². The van der Waals surface area contributed by atoms with E-state index in [1.165, 1.54) is 0 Å². The molecule has 0 fully saturated rings. The topological polar surface area (TPSA) is 71.4 Å². The van der Waals surface area contributed by atoms with Crippen molar-refractivity contribution in [2.24, 2.45) is 0 Å². The van der Waals surface area contributed by atoms with Crippen molar-refractivity contribution in [2.45, 2.75) is 39.7 Å². The van der Waals surface area contributed by atoms with Crippen LogP contribution in [0.25, 0.3) is 0 Å². The van der Waals surface area contributed by atoms with Gasteiger partial charge in [-0.1, -0.05) is 0 Å². The van der Waals surface area contributed by atoms with Gasteiger partial charge in [0.1, 0.15) is 0 Å². The molecule has 5 heteroatoms. The normalized spacial score (nSPS) is 12.7. The molecule has 0 aromatic rings. The van der Waals surface area contributed by atoms with Crippen molar-refractivity contribution in [3.8, 4) is 0 Å². The summed E-state index contributed by atoms with van der Waals surface area (Å²) in [5.74, 6) is -0.469. The fourth-order valence-corrected chi connectivity index (χ4v) is 1.28. The lowest BCUT2D eigenvalue weighted by atomic mass is 10.1. The van der Waals surface area contributed by atoms with Gasteiger partial charge >= 0.3 is 5.97 Å². The predicted molar refractivity (Wildman–Crippen MR) is 71.8 cm³/mol. The first-order valence-corrected chi connectivity index (χ1v) is 6.05. The van der Waals surface area contributed by atoms with Crippen LogP contribution in [0.15, 0.2) is 11.3 Å². The molecule has 0 aliphatic carbocycles. The zero-order chi connectivity index (χ0) is 14.2. The Morgan fingerprint density at radius 3 is 2.50 bits per heavy atom. The maximum absolute atomic E-state index is 11.5. The molecule has 2 N–H and O–H groups in total. The van der Waals surface area contributed by atoms with Gasteiger partial charge in [0.15, 0.2) is 0 Å². The highest BCUT2D eigenvalue weighted by Gasteiger charge is 2.16. The number of methoxy groups -OCH3 is 1. The molecule has 0 saturated heterocycles. The second-order valence-electron chi connectivity index (χ2n) is 4.54. The van der Waals surface area contributed by atoms with Crippen LogP contribution in [-0.4, -0.2) is 38.0 Å². The summed E-state index contributed by atoms with van der Waals surface area (Å²) in [5, 5.41) is 10.4. The highest BCUT2D eigenvalue weighted by atomic mass is 16.5. The third-order valence-electron chi connectivity index (χ3n) is 2.71. The Morgan fingerprint density at radius 1 is 1.44 bits per heavy atom. The van der Waals surface area contributed by atoms with E-state index in [1.807, 2.05) is 13.8 Å². The third-order valence-corrected chi connectivity index (χ3v) is 2.71. The molecule has 0 rings (SSSR count). The van der Waals surface area contributed by atoms with E-state index in [2.05, 4.69) is 5.32 Å². The van der Waals surface area contributed by atoms with Crippen LogP contribution in [0.3, 0.4) is 0 Å². The summed E-state index contributed by atoms with van der Waals surface area (Å²) in [7, 11) is 1.67. The summed E-state index contributed by atoms with van der Waals surface area (Å²) in [6, 6.07) is 0. The van der Waals surface area contributed by atoms with E-state index < -0.39 is 5.97 Å². The average Bonchev–Trinajstić information content (AvgIpc) is 2.30. The fraction of sp³-hybridized carbons (Fsp3) is 0.692. The molecule has 0 aromatic carbocycles. The number of rotatable bonds is 8. The van der Waals surface area contributed by atoms with Gasteiger partial charge in [-0.25, -0.2) is 4.79 Å². The molecule has 0 aromatic heterocycles. The molecule has 0 atom stereocenters. The standard InChI is InChI=1S/C13H24N2O3/c1-6-18-12(16)11(9-14)10(2)15-8-7-13(3,4)17-5/h9,14-15H,6-8H2,1-5H3/b11-10+,14-9?. The summed E-state index contributed by atoms with van der Waals surface area (Å²) in [6.07, 6.45) is 1.82. The number of carbonyl (C=O) groups is 1. The van der Waals surface area contributed by atoms with Gasteiger partial charge in [0.2, 0.25) is 0 Å². The number of allylic oxidation sites excluding steroid dienone is 1. The van der Waals surface area contributed by atoms with E-state index in [1.54, 1.807) is 21.0 Å². The highest BCUT2D eigenvalue weighted by Crippen LogP contribution is 2.12. The van der Waals surface area contributed by atoms with Gasteiger partial charge in [0.25, 0.3) is 0 Å². The number of carbonyl (C=O) groups excluding carboxylic acids is 1. The van der Waals surface area contributed by atoms with E-state index in [9.17, 15) is 4.79 Å². The number of hydrogen-bond acceptors (Lipinski definition) is 5. The first-order valence-electron chi connectivity index (χ1n) is 6.05. The van der Waals surface area contributed by atoms with Crippen molar-refractivity contribution in [1.29, 1.82) is 5.41 Å². The molecule has 0 amide bonds. The summed E-state index contributed by atoms with van der Waals surface area (Å²) in [4.78, 5) is 11.5. The van der Waals surface area contributed by atoms with E-state index in [4.69, 9.17) is 14.9 Å². The van der Waals surface area contributed by atoms with Crippen LogP contribution in [0.2, 0.25) is 0 Å². The molecule has 5 nitrogen and oxygen atoms in total. The van der Waals surface area contributed by atoms with E-state index in [0.717, 1.165) is 12.6 Å². The minimum atomic E-state index is -0.469. The average molecular weight is 256 g/mol. The minimum absolute atomic E-state index is 0.206. The molecular formula is C13H24N2O3. The molecule has 0 bridgehead atoms. The van der Waals surface area contributed by atoms with Crippen LogP contribution in [0.5, 0.6) is 0 Å². The predicted octanol–water partition coefficient (Wildman–Crippen LogP) is 1.88. The highest BCUT2D eigenvalue weighted by molar-refractivity contribution is 6.09. The van der Waals surface area contributed by atoms with Crippen LogP contribution in [0.4, 0.5) is 0 Å². The minimum Gasteiger partial charge on any atom is -0.462 e. The summed E-state index contributed by atoms with van der Waals surface area (Å²) >= 11 is 0. The van der Waals surface area contributed by atoms with E-state index in [0.29, 0.717) is 18.8 Å². The van der Waals surface area contributed by atoms with Crippen molar-refractivity contribution in [3.63, 3.8) is 0 Å². The first kappa shape index (κ1) is 16.6. The molecule has 0 spiro atoms. The molecule has 18 heavy (non-hydrogen) atoms. The molecule has 0 saturated carbocycles. The quantitative estimate of drug-likeness (QED) is 0.395. The molecule has 0 unspecified atom stereocenters. The lowest BCUT2D eigenvalue weighted by Crippen LogP contribution is -2.29. The molecule has 0 radical (unpaired) electrons. The Balaban J connectivity index is 4.46. The number of hydrogen-bond donors (Lipinski definition) is 2. The Hall–Kier alpha value is -1.36. The Bertz CT molecular complexity index is 322. The third kappa shape index (κ3) is 5.82. The summed E-state index contributed by atoms with van der Waals surface area (Å²) in [6.45, 7) is 8.47. The Labute approximate surface area is 109 Å². The van der Waals surface area contributed by atoms with Gasteiger partial charge in [-0.15, -0.1) is 0 Å². The number of nitrogens with one attached hydrogen (secondary N) is 2. The van der Waals surface area contributed by atoms with Gasteiger partial charge in [-0.05, 0) is 34.1 Å². The fourth-order valence-electron chi connectivity index (χ4n) is 1.28. The molecule has 0 aliphatic heterocycles. The van der Waals surface area contributed by atoms with Crippen LogP contribution in [0, 0.1) is 5.41 Å². The maximum atomic E-state index is 11.5. The lowest BCUT2D eigenvalue weighted by Gasteiger charge is -2.23. The lowest BCUT2D eigenvalue weighted by molar-refractivity contribution is -0.137. The second-order valence-corrected chi connectivity index (χ2v) is 4.54. The van der Waals surface area contributed by atoms with Crippen LogP contribution in [-0.2, 0) is 14.3 Å². The zero-order valence-electron chi connectivity index (χ0n) is 11.9. The van der Waals surface area contributed by atoms with Gasteiger partial charge in [0.05, 0.1) is 17.8 Å². The molecule has 0 aliphatic rings. The van der Waals surface area contributed by atoms with Gasteiger partial charge in [-0.2, -0.15) is 0 Å². The van der Waals surface area contributed by atoms with E-state index in [-0.39, 0.29) is 11.2 Å². The van der Waals surface area contributed by atoms with E-state index >= 15 is 0 Å². The number of esters is 1. The van der Waals surface area contributed by atoms with Gasteiger partial charge in [-0.3, -0.25) is 0 Å². The first-order chi connectivity index (χ1) is 8.37. The van der Waals surface area contributed by atoms with Gasteiger partial charge < -0.3 is 20.2 Å². The monoisotopic (exact) mass is 256 g/mol. The van der Waals surface area contributed by atoms with Crippen molar-refractivity contribution >= 4 is 12.2 Å². The van der Waals surface area contributed by atoms with Crippen molar-refractivity contribution in [3.05, 3.63) is 11.3 Å². The van der Waals surface area contributed by atoms with Crippen molar-refractivity contribution in [1.82, 2.24) is 5.32 Å². The Morgan fingerprint density at radius 2 is 2.06 bits per heavy atom. The van der Waals surface area contributed by atoms with Crippen LogP contribution >= 0.6 is 0 Å². The van der Waals surface area contributed by atoms with Crippen molar-refractivity contribution < 1.29 is 14.3 Å². The zero-order valence-corrected chi connectivity index (χ0v) is 11.9. The molecule has 0 heterocycles. The second kappa shape index (κ2) is 7.87. The summed E-state index contributed by atoms with van der Waals surface area (Å²) < 4.78 is 10.2. The molecular weight excluding hydrogens is 232 g/mol. The van der Waals surface area contributed by atoms with Crippen LogP contribution in [0.1, 0.15) is 34.1 Å². The molecule has 104 valence electrons. The van der Waals surface area contributed by atoms with Crippen LogP contribution < -0.4 is 5.32 Å². The van der Waals surface area contributed by atoms with Crippen molar-refractivity contribution in [2.75, 3.05) is 20.3 Å². The summed E-state index contributed by atoms with van der Waals surface area (Å²) in [5.41, 5.74) is 0.699. The smallest absolute Gasteiger partial charge is 0.341 e.